The van der Waals surface area contributed by atoms with E-state index in [1.807, 2.05) is 6.07 Å². The lowest BCUT2D eigenvalue weighted by atomic mass is 9.84. The van der Waals surface area contributed by atoms with Crippen molar-refractivity contribution in [2.45, 2.75) is 43.6 Å². The highest BCUT2D eigenvalue weighted by Gasteiger charge is 2.46. The van der Waals surface area contributed by atoms with Gasteiger partial charge in [0.25, 0.3) is 0 Å². The zero-order chi connectivity index (χ0) is 27.4. The second-order valence-electron chi connectivity index (χ2n) is 9.54. The van der Waals surface area contributed by atoms with Crippen LogP contribution in [-0.2, 0) is 16.1 Å². The highest BCUT2D eigenvalue weighted by molar-refractivity contribution is 5.99. The van der Waals surface area contributed by atoms with Gasteiger partial charge in [-0.3, -0.25) is 4.79 Å². The molecule has 39 heavy (non-hydrogen) atoms. The van der Waals surface area contributed by atoms with E-state index in [4.69, 9.17) is 14.2 Å². The van der Waals surface area contributed by atoms with Crippen molar-refractivity contribution in [2.24, 2.45) is 0 Å². The van der Waals surface area contributed by atoms with Crippen LogP contribution in [0, 0.1) is 5.82 Å². The maximum atomic E-state index is 13.9. The average molecular weight is 536 g/mol. The van der Waals surface area contributed by atoms with Crippen molar-refractivity contribution in [2.75, 3.05) is 24.4 Å². The number of amides is 3. The molecule has 0 radical (unpaired) electrons. The Bertz CT molecular complexity index is 1330. The lowest BCUT2D eigenvalue weighted by Crippen LogP contribution is -2.47. The van der Waals surface area contributed by atoms with E-state index in [1.54, 1.807) is 61.7 Å². The van der Waals surface area contributed by atoms with Gasteiger partial charge in [0.2, 0.25) is 5.91 Å². The van der Waals surface area contributed by atoms with E-state index in [-0.39, 0.29) is 37.2 Å². The number of urea groups is 1. The molecule has 0 aliphatic carbocycles. The summed E-state index contributed by atoms with van der Waals surface area (Å²) in [5.41, 5.74) is 2.47. The highest BCUT2D eigenvalue weighted by atomic mass is 19.1. The number of benzene rings is 3. The second-order valence-corrected chi connectivity index (χ2v) is 9.54. The second kappa shape index (κ2) is 11.7. The molecule has 0 spiro atoms. The lowest BCUT2D eigenvalue weighted by molar-refractivity contribution is -0.142. The molecule has 2 heterocycles. The molecule has 4 atom stereocenters. The minimum Gasteiger partial charge on any atom is -0.497 e. The Morgan fingerprint density at radius 1 is 1.05 bits per heavy atom. The largest absolute Gasteiger partial charge is 0.497 e. The zero-order valence-corrected chi connectivity index (χ0v) is 21.4. The summed E-state index contributed by atoms with van der Waals surface area (Å²) >= 11 is 0. The molecular formula is C29H30FN3O6. The Kier molecular flexibility index (Phi) is 7.94. The molecule has 204 valence electrons. The molecule has 3 amide bonds. The number of aliphatic hydroxyl groups is 1. The molecule has 10 heteroatoms. The Morgan fingerprint density at radius 2 is 1.79 bits per heavy atom. The van der Waals surface area contributed by atoms with Crippen LogP contribution in [0.1, 0.15) is 29.9 Å². The van der Waals surface area contributed by atoms with Gasteiger partial charge in [-0.15, -0.1) is 0 Å². The van der Waals surface area contributed by atoms with E-state index in [0.29, 0.717) is 34.9 Å². The van der Waals surface area contributed by atoms with Gasteiger partial charge in [-0.1, -0.05) is 18.2 Å². The Hall–Kier alpha value is -4.15. The van der Waals surface area contributed by atoms with Gasteiger partial charge >= 0.3 is 6.03 Å². The van der Waals surface area contributed by atoms with Crippen LogP contribution >= 0.6 is 0 Å². The highest BCUT2D eigenvalue weighted by Crippen LogP contribution is 2.47. The van der Waals surface area contributed by atoms with E-state index in [0.717, 1.165) is 5.56 Å². The van der Waals surface area contributed by atoms with Crippen molar-refractivity contribution in [1.29, 1.82) is 0 Å². The van der Waals surface area contributed by atoms with Gasteiger partial charge in [0.1, 0.15) is 29.5 Å². The number of carbonyl (C=O) groups is 2. The number of ether oxygens (including phenoxy) is 3. The number of hydrogen-bond donors (Lipinski definition) is 4. The smallest absolute Gasteiger partial charge is 0.323 e. The molecular weight excluding hydrogens is 505 g/mol. The number of halogens is 1. The average Bonchev–Trinajstić information content (AvgIpc) is 3.30. The molecule has 4 N–H and O–H groups in total. The van der Waals surface area contributed by atoms with Crippen LogP contribution in [0.3, 0.4) is 0 Å². The number of anilines is 2. The molecule has 9 nitrogen and oxygen atoms in total. The van der Waals surface area contributed by atoms with Crippen LogP contribution in [0.25, 0.3) is 0 Å². The molecule has 0 bridgehead atoms. The SMILES string of the molecule is COc1ccc(NC(=O)Nc2ccc3c(c2)[C@H]2C[C@H](CC(=O)NCc4ccccc4F)O[C@H](CO)[C@H]2O3)cc1. The Morgan fingerprint density at radius 3 is 2.54 bits per heavy atom. The summed E-state index contributed by atoms with van der Waals surface area (Å²) in [6, 6.07) is 18.2. The fourth-order valence-corrected chi connectivity index (χ4v) is 5.05. The number of rotatable bonds is 8. The van der Waals surface area contributed by atoms with Gasteiger partial charge in [0.15, 0.2) is 0 Å². The van der Waals surface area contributed by atoms with Crippen LogP contribution in [0.2, 0.25) is 0 Å². The van der Waals surface area contributed by atoms with Crippen LogP contribution < -0.4 is 25.4 Å². The molecule has 1 saturated heterocycles. The maximum Gasteiger partial charge on any atom is 0.323 e. The molecule has 0 aromatic heterocycles. The first-order valence-electron chi connectivity index (χ1n) is 12.7. The van der Waals surface area contributed by atoms with Gasteiger partial charge in [0.05, 0.1) is 26.2 Å². The first kappa shape index (κ1) is 26.5. The van der Waals surface area contributed by atoms with Gasteiger partial charge < -0.3 is 35.3 Å². The third kappa shape index (κ3) is 6.13. The van der Waals surface area contributed by atoms with Crippen molar-refractivity contribution in [3.05, 3.63) is 83.7 Å². The normalized spacial score (nSPS) is 21.2. The number of carbonyl (C=O) groups excluding carboxylic acids is 2. The van der Waals surface area contributed by atoms with E-state index >= 15 is 0 Å². The van der Waals surface area contributed by atoms with Gasteiger partial charge in [-0.25, -0.2) is 9.18 Å². The molecule has 2 aliphatic heterocycles. The van der Waals surface area contributed by atoms with Crippen molar-refractivity contribution in [1.82, 2.24) is 5.32 Å². The third-order valence-corrected chi connectivity index (χ3v) is 6.95. The van der Waals surface area contributed by atoms with E-state index in [9.17, 15) is 19.1 Å². The number of fused-ring (bicyclic) bond motifs is 3. The third-order valence-electron chi connectivity index (χ3n) is 6.95. The van der Waals surface area contributed by atoms with Crippen LogP contribution in [0.5, 0.6) is 11.5 Å². The van der Waals surface area contributed by atoms with Gasteiger partial charge in [-0.2, -0.15) is 0 Å². The number of methoxy groups -OCH3 is 1. The number of hydrogen-bond acceptors (Lipinski definition) is 6. The van der Waals surface area contributed by atoms with Crippen LogP contribution in [0.15, 0.2) is 66.7 Å². The van der Waals surface area contributed by atoms with Gasteiger partial charge in [0, 0.05) is 35.0 Å². The van der Waals surface area contributed by atoms with E-state index in [2.05, 4.69) is 16.0 Å². The summed E-state index contributed by atoms with van der Waals surface area (Å²) in [5.74, 6) is 0.548. The topological polar surface area (TPSA) is 118 Å². The summed E-state index contributed by atoms with van der Waals surface area (Å²) in [7, 11) is 1.57. The summed E-state index contributed by atoms with van der Waals surface area (Å²) in [4.78, 5) is 25.2. The molecule has 5 rings (SSSR count). The Balaban J connectivity index is 1.22. The van der Waals surface area contributed by atoms with E-state index in [1.165, 1.54) is 6.07 Å². The minimum absolute atomic E-state index is 0.0612. The zero-order valence-electron chi connectivity index (χ0n) is 21.4. The minimum atomic E-state index is -0.615. The fraction of sp³-hybridized carbons (Fsp3) is 0.310. The fourth-order valence-electron chi connectivity index (χ4n) is 5.05. The molecule has 3 aromatic rings. The molecule has 2 aliphatic rings. The van der Waals surface area contributed by atoms with Crippen molar-refractivity contribution >= 4 is 23.3 Å². The molecule has 0 unspecified atom stereocenters. The first-order chi connectivity index (χ1) is 18.9. The monoisotopic (exact) mass is 535 g/mol. The standard InChI is InChI=1S/C29H30FN3O6/c1-37-20-9-6-18(7-10-20)32-29(36)33-19-8-11-25-22(12-19)23-13-21(38-26(16-34)28(23)39-25)14-27(35)31-15-17-4-2-3-5-24(17)30/h2-12,21,23,26,28,34H,13-16H2,1H3,(H,31,35)(H2,32,33,36)/t21-,23-,26-,28+/m1/s1. The number of aliphatic hydroxyl groups excluding tert-OH is 1. The molecule has 3 aromatic carbocycles. The lowest BCUT2D eigenvalue weighted by Gasteiger charge is -2.37. The van der Waals surface area contributed by atoms with Gasteiger partial charge in [-0.05, 0) is 55.0 Å². The summed E-state index contributed by atoms with van der Waals surface area (Å²) in [6.07, 6.45) is -0.941. The van der Waals surface area contributed by atoms with Crippen molar-refractivity contribution < 1.29 is 33.3 Å². The van der Waals surface area contributed by atoms with E-state index < -0.39 is 24.3 Å². The number of nitrogens with one attached hydrogen (secondary N) is 3. The Labute approximate surface area is 225 Å². The van der Waals surface area contributed by atoms with Crippen LogP contribution in [-0.4, -0.2) is 49.1 Å². The summed E-state index contributed by atoms with van der Waals surface area (Å²) < 4.78 is 31.1. The van der Waals surface area contributed by atoms with Crippen molar-refractivity contribution in [3.8, 4) is 11.5 Å². The molecule has 1 fully saturated rings. The quantitative estimate of drug-likeness (QED) is 0.344. The van der Waals surface area contributed by atoms with Crippen LogP contribution in [0.4, 0.5) is 20.6 Å². The summed E-state index contributed by atoms with van der Waals surface area (Å²) in [5, 5.41) is 18.3. The first-order valence-corrected chi connectivity index (χ1v) is 12.7. The molecule has 0 saturated carbocycles. The predicted octanol–water partition coefficient (Wildman–Crippen LogP) is 4.18. The predicted molar refractivity (Wildman–Crippen MR) is 142 cm³/mol. The maximum absolute atomic E-state index is 13.9. The van der Waals surface area contributed by atoms with Crippen molar-refractivity contribution in [3.63, 3.8) is 0 Å². The summed E-state index contributed by atoms with van der Waals surface area (Å²) in [6.45, 7) is -0.189.